The molecule has 7 aliphatic carbocycles. The van der Waals surface area contributed by atoms with Gasteiger partial charge in [-0.2, -0.15) is 0 Å². The SMILES string of the molecule is CCNC12C=C3C=CCC4CCCCC5(C)CC6=CNC(N)C(=C6)C(c6cccc(O)c6)CC6C(C1)C(CC(O)C61CCC6(CCC(NCC(C)O)C6)C1)C(OC(=O)C16OC1(CC(CO)=C(C)CCC1=CCNC7=C1CCC(NC)N7)C(=O)c1cccc(c1C6=O)C5)C2CC34. The van der Waals surface area contributed by atoms with Crippen LogP contribution in [0.3, 0.4) is 0 Å². The first kappa shape index (κ1) is 65.3. The van der Waals surface area contributed by atoms with E-state index < -0.39 is 76.2 Å². The summed E-state index contributed by atoms with van der Waals surface area (Å²) in [6, 6.07) is 13.5. The molecule has 19 unspecified atom stereocenters. The summed E-state index contributed by atoms with van der Waals surface area (Å²) in [6.45, 7) is 9.79. The van der Waals surface area contributed by atoms with Gasteiger partial charge in [0.2, 0.25) is 5.78 Å². The molecule has 19 atom stereocenters. The fourth-order valence-electron chi connectivity index (χ4n) is 22.4. The number of nitrogens with one attached hydrogen (secondary N) is 6. The first-order valence-corrected chi connectivity index (χ1v) is 36.7. The molecule has 95 heavy (non-hydrogen) atoms. The Labute approximate surface area is 562 Å². The van der Waals surface area contributed by atoms with E-state index in [1.807, 2.05) is 45.2 Å². The summed E-state index contributed by atoms with van der Waals surface area (Å²) >= 11 is 0. The molecule has 12 N–H and O–H groups in total. The van der Waals surface area contributed by atoms with Crippen LogP contribution in [0.2, 0.25) is 0 Å². The first-order chi connectivity index (χ1) is 45.8. The molecule has 16 nitrogen and oxygen atoms in total. The zero-order chi connectivity index (χ0) is 66.0. The number of likely N-dealkylation sites (N-methyl/N-ethyl adjacent to an activating group) is 1. The van der Waals surface area contributed by atoms with Crippen molar-refractivity contribution < 1.29 is 44.3 Å². The summed E-state index contributed by atoms with van der Waals surface area (Å²) in [5.41, 5.74) is 10.8. The summed E-state index contributed by atoms with van der Waals surface area (Å²) in [6.07, 6.45) is 28.3. The van der Waals surface area contributed by atoms with Crippen LogP contribution in [0.25, 0.3) is 0 Å². The molecule has 16 heteroatoms. The van der Waals surface area contributed by atoms with Crippen LogP contribution in [0.15, 0.2) is 124 Å². The van der Waals surface area contributed by atoms with Gasteiger partial charge >= 0.3 is 5.97 Å². The van der Waals surface area contributed by atoms with E-state index in [-0.39, 0.29) is 76.4 Å². The number of carbonyl (C=O) groups is 3. The van der Waals surface area contributed by atoms with E-state index in [1.54, 1.807) is 12.1 Å². The van der Waals surface area contributed by atoms with Crippen molar-refractivity contribution in [2.75, 3.05) is 33.3 Å². The Morgan fingerprint density at radius 1 is 0.958 bits per heavy atom. The van der Waals surface area contributed by atoms with Gasteiger partial charge in [-0.3, -0.25) is 9.59 Å². The molecule has 4 saturated carbocycles. The standard InChI is InChI=1S/C79H105N7O9/c1-6-85-77-37-51-15-9-13-48-12-7-8-25-74(4)35-47-30-61(71(80)84-42-47)59(50-14-10-17-55(89)31-50)33-63-62(40-77)60(34-65(90)76(63)28-27-75(44-76)26-23-54(39-75)83-41-46(3)88)68(64(77)32-58(48)51)94-73(93)79-70(92)67-52(36-74)16-11-18-57(67)69(91)78(79,95-79)38-53(43-87)45(2)19-20-49-24-29-82-72-56(49)21-22-66(81-5)86-72/h9-11,14-18,24,30-31,37,42,46,48,54,58-60,62-66,68,71,81-90H,6-8,12-13,19-23,25-29,32-36,38-41,43-44,80H2,1-5H3. The summed E-state index contributed by atoms with van der Waals surface area (Å²) in [4.78, 5) is 50.0. The number of allylic oxidation sites excluding steroid dienone is 8. The minimum atomic E-state index is -2.35. The van der Waals surface area contributed by atoms with Gasteiger partial charge in [0.05, 0.1) is 31.1 Å². The van der Waals surface area contributed by atoms with E-state index in [9.17, 15) is 20.4 Å². The van der Waals surface area contributed by atoms with Crippen molar-refractivity contribution in [1.29, 1.82) is 0 Å². The number of dihydropyridines is 2. The van der Waals surface area contributed by atoms with Crippen molar-refractivity contribution >= 4 is 17.5 Å². The van der Waals surface area contributed by atoms with Gasteiger partial charge in [-0.05, 0) is 246 Å². The normalized spacial score (nSPS) is 40.5. The highest BCUT2D eigenvalue weighted by molar-refractivity contribution is 6.33. The van der Waals surface area contributed by atoms with Gasteiger partial charge in [-0.15, -0.1) is 0 Å². The highest BCUT2D eigenvalue weighted by Crippen LogP contribution is 2.71. The van der Waals surface area contributed by atoms with E-state index in [2.05, 4.69) is 88.4 Å². The monoisotopic (exact) mass is 1300 g/mol. The van der Waals surface area contributed by atoms with Gasteiger partial charge in [-0.25, -0.2) is 4.79 Å². The van der Waals surface area contributed by atoms with Crippen LogP contribution in [0.1, 0.15) is 200 Å². The molecule has 2 aromatic rings. The van der Waals surface area contributed by atoms with Crippen molar-refractivity contribution in [1.82, 2.24) is 31.9 Å². The number of aliphatic hydroxyl groups is 3. The summed E-state index contributed by atoms with van der Waals surface area (Å²) in [5.74, 6) is -1.32. The average molecular weight is 1300 g/mol. The maximum absolute atomic E-state index is 17.0. The lowest BCUT2D eigenvalue weighted by atomic mass is 9.45. The average Bonchev–Trinajstić information content (AvgIpc) is 1.50. The Balaban J connectivity index is 0.914. The van der Waals surface area contributed by atoms with E-state index in [0.717, 1.165) is 124 Å². The number of benzene rings is 2. The van der Waals surface area contributed by atoms with Crippen LogP contribution in [-0.2, 0) is 20.7 Å². The molecular formula is C79H105N7O9. The Hall–Kier alpha value is -5.69. The van der Waals surface area contributed by atoms with Crippen molar-refractivity contribution in [3.63, 3.8) is 0 Å². The minimum Gasteiger partial charge on any atom is -0.508 e. The number of esters is 1. The number of ether oxygens (including phenoxy) is 2. The Bertz CT molecular complexity index is 3640. The van der Waals surface area contributed by atoms with E-state index in [4.69, 9.17) is 15.2 Å². The molecule has 0 radical (unpaired) electrons. The molecule has 510 valence electrons. The Morgan fingerprint density at radius 3 is 2.62 bits per heavy atom. The van der Waals surface area contributed by atoms with E-state index >= 15 is 14.4 Å². The lowest BCUT2D eigenvalue weighted by molar-refractivity contribution is -0.199. The van der Waals surface area contributed by atoms with Gasteiger partial charge in [0, 0.05) is 66.2 Å². The summed E-state index contributed by atoms with van der Waals surface area (Å²) in [7, 11) is 1.96. The molecular weight excluding hydrogens is 1190 g/mol. The molecule has 6 aliphatic heterocycles. The van der Waals surface area contributed by atoms with E-state index in [0.29, 0.717) is 75.2 Å². The third-order valence-corrected chi connectivity index (χ3v) is 27.0. The second kappa shape index (κ2) is 24.9. The number of aromatic hydroxyl groups is 1. The third kappa shape index (κ3) is 11.0. The quantitative estimate of drug-likeness (QED) is 0.0386. The molecule has 11 bridgehead atoms. The van der Waals surface area contributed by atoms with E-state index in [1.165, 1.54) is 16.7 Å². The van der Waals surface area contributed by atoms with Crippen molar-refractivity contribution in [2.45, 2.75) is 228 Å². The minimum absolute atomic E-state index is 0.0419. The number of hydrogen-bond donors (Lipinski definition) is 11. The fraction of sp³-hybridized carbons (Fsp3) is 0.633. The number of rotatable bonds is 13. The lowest BCUT2D eigenvalue weighted by Gasteiger charge is -2.63. The molecule has 13 aliphatic rings. The van der Waals surface area contributed by atoms with Crippen LogP contribution in [0.4, 0.5) is 0 Å². The number of phenols is 1. The Kier molecular flexibility index (Phi) is 17.1. The summed E-state index contributed by atoms with van der Waals surface area (Å²) < 4.78 is 14.7. The third-order valence-electron chi connectivity index (χ3n) is 27.0. The number of aliphatic hydroxyl groups excluding tert-OH is 3. The van der Waals surface area contributed by atoms with Crippen LogP contribution < -0.4 is 37.6 Å². The van der Waals surface area contributed by atoms with Crippen LogP contribution >= 0.6 is 0 Å². The van der Waals surface area contributed by atoms with Gasteiger partial charge in [0.25, 0.3) is 5.60 Å². The zero-order valence-electron chi connectivity index (χ0n) is 56.8. The molecule has 0 aromatic heterocycles. The number of phenolic OH excluding ortho intramolecular Hbond substituents is 1. The van der Waals surface area contributed by atoms with Gasteiger partial charge in [-0.1, -0.05) is 93.0 Å². The molecule has 3 spiro atoms. The van der Waals surface area contributed by atoms with Gasteiger partial charge in [0.1, 0.15) is 17.7 Å². The second-order valence-corrected chi connectivity index (χ2v) is 32.5. The predicted octanol–water partition coefficient (Wildman–Crippen LogP) is 9.92. The highest BCUT2D eigenvalue weighted by Gasteiger charge is 2.86. The highest BCUT2D eigenvalue weighted by atomic mass is 16.7. The maximum atomic E-state index is 17.0. The largest absolute Gasteiger partial charge is 0.508 e. The number of Topliss-reactive ketones (excluding diaryl/α,β-unsaturated/α-hetero) is 2. The predicted molar refractivity (Wildman–Crippen MR) is 366 cm³/mol. The van der Waals surface area contributed by atoms with Crippen LogP contribution in [0, 0.1) is 51.8 Å². The molecule has 0 amide bonds. The number of epoxide rings is 1. The summed E-state index contributed by atoms with van der Waals surface area (Å²) in [5, 5.41) is 69.7. The maximum Gasteiger partial charge on any atom is 0.350 e. The smallest absolute Gasteiger partial charge is 0.350 e. The number of nitrogens with two attached hydrogens (primary N) is 1. The molecule has 15 rings (SSSR count). The fourth-order valence-corrected chi connectivity index (χ4v) is 22.4. The van der Waals surface area contributed by atoms with Crippen molar-refractivity contribution in [2.24, 2.45) is 57.5 Å². The van der Waals surface area contributed by atoms with Gasteiger partial charge < -0.3 is 67.5 Å². The topological polar surface area (TPSA) is 252 Å². The number of ketones is 2. The van der Waals surface area contributed by atoms with Crippen LogP contribution in [-0.4, -0.2) is 125 Å². The number of hydrogen-bond acceptors (Lipinski definition) is 16. The number of carbonyl (C=O) groups excluding carboxylic acids is 3. The first-order valence-electron chi connectivity index (χ1n) is 36.7. The lowest BCUT2D eigenvalue weighted by Crippen LogP contribution is -2.68. The van der Waals surface area contributed by atoms with Gasteiger partial charge in [0.15, 0.2) is 11.4 Å². The zero-order valence-corrected chi connectivity index (χ0v) is 56.8. The second-order valence-electron chi connectivity index (χ2n) is 32.5. The molecule has 6 heterocycles. The Morgan fingerprint density at radius 2 is 1.81 bits per heavy atom. The molecule has 5 fully saturated rings. The molecule has 1 saturated heterocycles. The molecule has 2 aromatic carbocycles. The van der Waals surface area contributed by atoms with Crippen molar-refractivity contribution in [3.05, 3.63) is 146 Å². The van der Waals surface area contributed by atoms with Crippen LogP contribution in [0.5, 0.6) is 5.75 Å². The van der Waals surface area contributed by atoms with Crippen molar-refractivity contribution in [3.8, 4) is 5.75 Å². The number of fused-ring (bicyclic) bond motifs is 4.